The molecule has 1 aromatic carbocycles. The molecule has 0 saturated carbocycles. The van der Waals surface area contributed by atoms with Crippen LogP contribution >= 0.6 is 0 Å². The summed E-state index contributed by atoms with van der Waals surface area (Å²) in [5.74, 6) is 0.184. The second-order valence-electron chi connectivity index (χ2n) is 4.11. The maximum absolute atomic E-state index is 11.9. The zero-order valence-corrected chi connectivity index (χ0v) is 9.29. The van der Waals surface area contributed by atoms with Crippen molar-refractivity contribution in [3.63, 3.8) is 0 Å². The van der Waals surface area contributed by atoms with Crippen LogP contribution in [-0.2, 0) is 0 Å². The lowest BCUT2D eigenvalue weighted by molar-refractivity contribution is 0.0955. The summed E-state index contributed by atoms with van der Waals surface area (Å²) in [4.78, 5) is 15.1. The Kier molecular flexibility index (Phi) is 2.87. The van der Waals surface area contributed by atoms with Crippen LogP contribution in [0, 0.1) is 0 Å². The van der Waals surface area contributed by atoms with E-state index >= 15 is 0 Å². The molecule has 0 bridgehead atoms. The zero-order chi connectivity index (χ0) is 11.1. The van der Waals surface area contributed by atoms with Crippen LogP contribution in [0.5, 0.6) is 0 Å². The monoisotopic (exact) mass is 233 g/mol. The smallest absolute Gasteiger partial charge is 0.251 e. The van der Waals surface area contributed by atoms with Crippen LogP contribution in [-0.4, -0.2) is 29.5 Å². The highest BCUT2D eigenvalue weighted by atomic mass is 16.1. The molecule has 6 N–H and O–H groups in total. The molecule has 0 aliphatic carbocycles. The van der Waals surface area contributed by atoms with Crippen LogP contribution < -0.4 is 11.1 Å². The maximum Gasteiger partial charge on any atom is 0.251 e. The van der Waals surface area contributed by atoms with E-state index in [-0.39, 0.29) is 17.3 Å². The largest absolute Gasteiger partial charge is 0.412 e. The van der Waals surface area contributed by atoms with Crippen LogP contribution in [0.15, 0.2) is 24.4 Å². The molecule has 1 atom stereocenters. The Labute approximate surface area is 98.3 Å². The number of rotatable bonds is 1. The SMILES string of the molecule is NCC1CNC(=O)c2cccc3[nH]cc1c23.O. The molecule has 0 radical (unpaired) electrons. The molecule has 0 fully saturated rings. The average Bonchev–Trinajstić information content (AvgIpc) is 2.67. The molecular formula is C12H15N3O2. The number of nitrogens with one attached hydrogen (secondary N) is 2. The minimum absolute atomic E-state index is 0. The van der Waals surface area contributed by atoms with Gasteiger partial charge in [-0.15, -0.1) is 0 Å². The Morgan fingerprint density at radius 2 is 2.24 bits per heavy atom. The van der Waals surface area contributed by atoms with Crippen molar-refractivity contribution in [1.82, 2.24) is 10.3 Å². The van der Waals surface area contributed by atoms with Gasteiger partial charge in [-0.3, -0.25) is 4.79 Å². The number of aromatic amines is 1. The fourth-order valence-electron chi connectivity index (χ4n) is 2.35. The number of carbonyl (C=O) groups is 1. The Bertz CT molecular complexity index is 562. The molecule has 5 nitrogen and oxygen atoms in total. The van der Waals surface area contributed by atoms with Crippen molar-refractivity contribution < 1.29 is 10.3 Å². The van der Waals surface area contributed by atoms with Crippen molar-refractivity contribution in [2.75, 3.05) is 13.1 Å². The average molecular weight is 233 g/mol. The lowest BCUT2D eigenvalue weighted by Gasteiger charge is -2.10. The molecule has 1 aliphatic rings. The zero-order valence-electron chi connectivity index (χ0n) is 9.29. The van der Waals surface area contributed by atoms with E-state index < -0.39 is 0 Å². The number of nitrogens with two attached hydrogens (primary N) is 1. The molecule has 0 spiro atoms. The number of hydrogen-bond acceptors (Lipinski definition) is 2. The van der Waals surface area contributed by atoms with Gasteiger partial charge in [0.15, 0.2) is 0 Å². The fraction of sp³-hybridized carbons (Fsp3) is 0.250. The quantitative estimate of drug-likeness (QED) is 0.651. The van der Waals surface area contributed by atoms with Crippen molar-refractivity contribution in [3.8, 4) is 0 Å². The molecule has 0 saturated heterocycles. The van der Waals surface area contributed by atoms with Crippen LogP contribution in [0.3, 0.4) is 0 Å². The first kappa shape index (κ1) is 11.6. The summed E-state index contributed by atoms with van der Waals surface area (Å²) in [5.41, 5.74) is 8.63. The van der Waals surface area contributed by atoms with Crippen molar-refractivity contribution in [2.24, 2.45) is 5.73 Å². The molecule has 3 rings (SSSR count). The number of carbonyl (C=O) groups excluding carboxylic acids is 1. The van der Waals surface area contributed by atoms with Gasteiger partial charge < -0.3 is 21.5 Å². The summed E-state index contributed by atoms with van der Waals surface area (Å²) in [6.07, 6.45) is 1.96. The summed E-state index contributed by atoms with van der Waals surface area (Å²) in [6.45, 7) is 1.15. The highest BCUT2D eigenvalue weighted by molar-refractivity contribution is 6.08. The molecule has 1 aromatic heterocycles. The number of H-pyrrole nitrogens is 1. The van der Waals surface area contributed by atoms with Crippen molar-refractivity contribution in [1.29, 1.82) is 0 Å². The van der Waals surface area contributed by atoms with Gasteiger partial charge in [-0.25, -0.2) is 0 Å². The normalized spacial score (nSPS) is 18.4. The standard InChI is InChI=1S/C12H13N3O.H2O/c13-4-7-5-15-12(16)8-2-1-3-10-11(8)9(7)6-14-10;/h1-3,6-7,14H,4-5,13H2,(H,15,16);1H2. The molecule has 17 heavy (non-hydrogen) atoms. The van der Waals surface area contributed by atoms with E-state index in [0.29, 0.717) is 13.1 Å². The van der Waals surface area contributed by atoms with Gasteiger partial charge in [0.25, 0.3) is 5.91 Å². The van der Waals surface area contributed by atoms with Crippen LogP contribution in [0.25, 0.3) is 10.9 Å². The van der Waals surface area contributed by atoms with Gasteiger partial charge in [-0.2, -0.15) is 0 Å². The fourth-order valence-corrected chi connectivity index (χ4v) is 2.35. The third kappa shape index (κ3) is 1.60. The summed E-state index contributed by atoms with van der Waals surface area (Å²) >= 11 is 0. The van der Waals surface area contributed by atoms with E-state index in [4.69, 9.17) is 5.73 Å². The van der Waals surface area contributed by atoms with Crippen LogP contribution in [0.4, 0.5) is 0 Å². The van der Waals surface area contributed by atoms with Gasteiger partial charge in [0.2, 0.25) is 0 Å². The molecule has 5 heteroatoms. The summed E-state index contributed by atoms with van der Waals surface area (Å²) in [7, 11) is 0. The number of benzene rings is 1. The number of amides is 1. The van der Waals surface area contributed by atoms with Crippen molar-refractivity contribution in [3.05, 3.63) is 35.5 Å². The first-order valence-electron chi connectivity index (χ1n) is 5.39. The van der Waals surface area contributed by atoms with Crippen molar-refractivity contribution in [2.45, 2.75) is 5.92 Å². The van der Waals surface area contributed by atoms with Gasteiger partial charge in [0.1, 0.15) is 0 Å². The number of aromatic nitrogens is 1. The van der Waals surface area contributed by atoms with E-state index in [1.807, 2.05) is 24.4 Å². The Morgan fingerprint density at radius 3 is 3.00 bits per heavy atom. The first-order chi connectivity index (χ1) is 7.81. The molecule has 2 aromatic rings. The summed E-state index contributed by atoms with van der Waals surface area (Å²) in [6, 6.07) is 5.72. The van der Waals surface area contributed by atoms with Gasteiger partial charge in [-0.05, 0) is 17.7 Å². The van der Waals surface area contributed by atoms with Gasteiger partial charge in [0.05, 0.1) is 0 Å². The molecule has 90 valence electrons. The molecular weight excluding hydrogens is 218 g/mol. The molecule has 1 unspecified atom stereocenters. The highest BCUT2D eigenvalue weighted by Crippen LogP contribution is 2.30. The summed E-state index contributed by atoms with van der Waals surface area (Å²) < 4.78 is 0. The second kappa shape index (κ2) is 4.20. The van der Waals surface area contributed by atoms with Gasteiger partial charge in [0, 0.05) is 41.7 Å². The first-order valence-corrected chi connectivity index (χ1v) is 5.39. The van der Waals surface area contributed by atoms with Crippen molar-refractivity contribution >= 4 is 16.8 Å². The minimum atomic E-state index is -0.0117. The Balaban J connectivity index is 0.00000108. The number of hydrogen-bond donors (Lipinski definition) is 3. The highest BCUT2D eigenvalue weighted by Gasteiger charge is 2.23. The predicted octanol–water partition coefficient (Wildman–Crippen LogP) is 0.129. The van der Waals surface area contributed by atoms with Gasteiger partial charge in [-0.1, -0.05) is 6.07 Å². The van der Waals surface area contributed by atoms with E-state index in [1.54, 1.807) is 0 Å². The Hall–Kier alpha value is -1.85. The topological polar surface area (TPSA) is 102 Å². The summed E-state index contributed by atoms with van der Waals surface area (Å²) in [5, 5.41) is 3.93. The second-order valence-corrected chi connectivity index (χ2v) is 4.11. The Morgan fingerprint density at radius 1 is 1.41 bits per heavy atom. The van der Waals surface area contributed by atoms with Crippen LogP contribution in [0.1, 0.15) is 21.8 Å². The van der Waals surface area contributed by atoms with E-state index in [0.717, 1.165) is 22.0 Å². The third-order valence-electron chi connectivity index (χ3n) is 3.21. The minimum Gasteiger partial charge on any atom is -0.412 e. The van der Waals surface area contributed by atoms with E-state index in [2.05, 4.69) is 10.3 Å². The van der Waals surface area contributed by atoms with E-state index in [9.17, 15) is 4.79 Å². The van der Waals surface area contributed by atoms with Crippen LogP contribution in [0.2, 0.25) is 0 Å². The van der Waals surface area contributed by atoms with Gasteiger partial charge >= 0.3 is 0 Å². The molecule has 1 amide bonds. The predicted molar refractivity (Wildman–Crippen MR) is 66.0 cm³/mol. The lowest BCUT2D eigenvalue weighted by atomic mass is 9.98. The third-order valence-corrected chi connectivity index (χ3v) is 3.21. The molecule has 2 heterocycles. The lowest BCUT2D eigenvalue weighted by Crippen LogP contribution is -2.29. The maximum atomic E-state index is 11.9. The van der Waals surface area contributed by atoms with E-state index in [1.165, 1.54) is 0 Å². The molecule has 1 aliphatic heterocycles.